The highest BCUT2D eigenvalue weighted by Gasteiger charge is 2.17. The Labute approximate surface area is 99.5 Å². The van der Waals surface area contributed by atoms with Crippen LogP contribution in [0.3, 0.4) is 0 Å². The van der Waals surface area contributed by atoms with Crippen molar-refractivity contribution in [2.24, 2.45) is 0 Å². The van der Waals surface area contributed by atoms with Gasteiger partial charge in [-0.05, 0) is 20.8 Å². The Kier molecular flexibility index (Phi) is 5.87. The monoisotopic (exact) mass is 278 g/mol. The van der Waals surface area contributed by atoms with Crippen LogP contribution in [-0.2, 0) is 9.59 Å². The predicted octanol–water partition coefficient (Wildman–Crippen LogP) is 1.14. The molecule has 0 heterocycles. The van der Waals surface area contributed by atoms with Crippen LogP contribution < -0.4 is 5.32 Å². The molecule has 88 valence electrons. The van der Waals surface area contributed by atoms with E-state index in [9.17, 15) is 9.59 Å². The normalized spacial score (nSPS) is 11.0. The molecule has 0 aliphatic carbocycles. The van der Waals surface area contributed by atoms with Crippen molar-refractivity contribution < 1.29 is 9.59 Å². The summed E-state index contributed by atoms with van der Waals surface area (Å²) in [4.78, 5) is 24.3. The van der Waals surface area contributed by atoms with Crippen molar-refractivity contribution in [2.45, 2.75) is 32.7 Å². The topological polar surface area (TPSA) is 49.4 Å². The maximum absolute atomic E-state index is 11.5. The molecule has 0 saturated heterocycles. The highest BCUT2D eigenvalue weighted by Crippen LogP contribution is 1.99. The Morgan fingerprint density at radius 1 is 1.33 bits per heavy atom. The van der Waals surface area contributed by atoms with Crippen LogP contribution in [0.5, 0.6) is 0 Å². The van der Waals surface area contributed by atoms with E-state index in [0.29, 0.717) is 11.8 Å². The van der Waals surface area contributed by atoms with Crippen LogP contribution in [0.1, 0.15) is 27.2 Å². The van der Waals surface area contributed by atoms with Gasteiger partial charge in [-0.1, -0.05) is 15.9 Å². The van der Waals surface area contributed by atoms with E-state index in [1.54, 1.807) is 7.05 Å². The summed E-state index contributed by atoms with van der Waals surface area (Å²) in [6.45, 7) is 5.84. The summed E-state index contributed by atoms with van der Waals surface area (Å²) in [7, 11) is 1.63. The molecule has 0 radical (unpaired) electrons. The van der Waals surface area contributed by atoms with Crippen LogP contribution in [0.25, 0.3) is 0 Å². The Morgan fingerprint density at radius 2 is 1.87 bits per heavy atom. The van der Waals surface area contributed by atoms with Gasteiger partial charge in [0.15, 0.2) is 0 Å². The summed E-state index contributed by atoms with van der Waals surface area (Å²) < 4.78 is 0. The minimum absolute atomic E-state index is 0.0315. The van der Waals surface area contributed by atoms with Crippen LogP contribution in [0.15, 0.2) is 0 Å². The van der Waals surface area contributed by atoms with Crippen molar-refractivity contribution >= 4 is 27.7 Å². The smallest absolute Gasteiger partial charge is 0.240 e. The molecule has 2 amide bonds. The Bertz CT molecular complexity index is 236. The lowest BCUT2D eigenvalue weighted by Crippen LogP contribution is -2.46. The highest BCUT2D eigenvalue weighted by molar-refractivity contribution is 9.09. The third-order valence-electron chi connectivity index (χ3n) is 1.63. The van der Waals surface area contributed by atoms with E-state index in [1.165, 1.54) is 4.90 Å². The maximum atomic E-state index is 11.5. The number of hydrogen-bond donors (Lipinski definition) is 1. The fourth-order valence-corrected chi connectivity index (χ4v) is 1.37. The standard InChI is InChI=1S/C10H19BrN2O2/c1-10(2,3)12-8(14)7-13(4)9(15)5-6-11/h5-7H2,1-4H3,(H,12,14). The van der Waals surface area contributed by atoms with Crippen LogP contribution in [-0.4, -0.2) is 41.2 Å². The zero-order chi connectivity index (χ0) is 12.1. The average Bonchev–Trinajstić information content (AvgIpc) is 2.00. The number of nitrogens with one attached hydrogen (secondary N) is 1. The van der Waals surface area contributed by atoms with Gasteiger partial charge in [0.1, 0.15) is 0 Å². The van der Waals surface area contributed by atoms with Crippen molar-refractivity contribution in [1.82, 2.24) is 10.2 Å². The van der Waals surface area contributed by atoms with Crippen molar-refractivity contribution in [1.29, 1.82) is 0 Å². The van der Waals surface area contributed by atoms with Crippen molar-refractivity contribution in [3.05, 3.63) is 0 Å². The molecule has 4 nitrogen and oxygen atoms in total. The van der Waals surface area contributed by atoms with Gasteiger partial charge >= 0.3 is 0 Å². The van der Waals surface area contributed by atoms with Gasteiger partial charge < -0.3 is 10.2 Å². The second-order valence-corrected chi connectivity index (χ2v) is 5.28. The van der Waals surface area contributed by atoms with Gasteiger partial charge in [-0.25, -0.2) is 0 Å². The van der Waals surface area contributed by atoms with Crippen LogP contribution in [0.2, 0.25) is 0 Å². The molecule has 0 spiro atoms. The van der Waals surface area contributed by atoms with Crippen LogP contribution in [0, 0.1) is 0 Å². The summed E-state index contributed by atoms with van der Waals surface area (Å²) in [5.74, 6) is -0.163. The third kappa shape index (κ3) is 7.36. The van der Waals surface area contributed by atoms with Gasteiger partial charge in [-0.15, -0.1) is 0 Å². The van der Waals surface area contributed by atoms with Gasteiger partial charge in [-0.3, -0.25) is 9.59 Å². The first-order valence-electron chi connectivity index (χ1n) is 4.87. The van der Waals surface area contributed by atoms with Crippen LogP contribution in [0.4, 0.5) is 0 Å². The average molecular weight is 279 g/mol. The Morgan fingerprint density at radius 3 is 2.27 bits per heavy atom. The molecule has 0 fully saturated rings. The fourth-order valence-electron chi connectivity index (χ4n) is 1.03. The number of halogens is 1. The van der Waals surface area contributed by atoms with Crippen molar-refractivity contribution in [3.8, 4) is 0 Å². The van der Waals surface area contributed by atoms with Gasteiger partial charge in [0.25, 0.3) is 0 Å². The van der Waals surface area contributed by atoms with Gasteiger partial charge in [-0.2, -0.15) is 0 Å². The molecule has 0 aromatic rings. The number of amides is 2. The maximum Gasteiger partial charge on any atom is 0.240 e. The molecule has 0 aromatic carbocycles. The minimum atomic E-state index is -0.254. The molecule has 0 atom stereocenters. The molecule has 15 heavy (non-hydrogen) atoms. The van der Waals surface area contributed by atoms with E-state index in [4.69, 9.17) is 0 Å². The zero-order valence-electron chi connectivity index (χ0n) is 9.76. The molecule has 0 unspecified atom stereocenters. The Hall–Kier alpha value is -0.580. The van der Waals surface area contributed by atoms with E-state index in [2.05, 4.69) is 21.2 Å². The van der Waals surface area contributed by atoms with Gasteiger partial charge in [0, 0.05) is 24.3 Å². The SMILES string of the molecule is CN(CC(=O)NC(C)(C)C)C(=O)CCBr. The molecular formula is C10H19BrN2O2. The first-order chi connectivity index (χ1) is 6.76. The lowest BCUT2D eigenvalue weighted by atomic mass is 10.1. The van der Waals surface area contributed by atoms with Crippen molar-refractivity contribution in [3.63, 3.8) is 0 Å². The summed E-state index contributed by atoms with van der Waals surface area (Å²) in [6, 6.07) is 0. The number of hydrogen-bond acceptors (Lipinski definition) is 2. The summed E-state index contributed by atoms with van der Waals surface area (Å²) >= 11 is 3.19. The molecule has 1 N–H and O–H groups in total. The largest absolute Gasteiger partial charge is 0.350 e. The second-order valence-electron chi connectivity index (χ2n) is 4.49. The number of nitrogens with zero attached hydrogens (tertiary/aromatic N) is 1. The summed E-state index contributed by atoms with van der Waals surface area (Å²) in [5.41, 5.74) is -0.254. The van der Waals surface area contributed by atoms with Crippen molar-refractivity contribution in [2.75, 3.05) is 18.9 Å². The lowest BCUT2D eigenvalue weighted by molar-refractivity contribution is -0.134. The first kappa shape index (κ1) is 14.4. The molecule has 0 saturated carbocycles. The molecule has 0 aliphatic rings. The summed E-state index contributed by atoms with van der Waals surface area (Å²) in [6.07, 6.45) is 0.416. The first-order valence-corrected chi connectivity index (χ1v) is 5.99. The van der Waals surface area contributed by atoms with E-state index < -0.39 is 0 Å². The number of likely N-dealkylation sites (N-methyl/N-ethyl adjacent to an activating group) is 1. The number of carbonyl (C=O) groups is 2. The number of carbonyl (C=O) groups excluding carboxylic acids is 2. The molecule has 0 aliphatic heterocycles. The number of rotatable bonds is 4. The summed E-state index contributed by atoms with van der Waals surface area (Å²) in [5, 5.41) is 3.42. The Balaban J connectivity index is 4.02. The van der Waals surface area contributed by atoms with E-state index >= 15 is 0 Å². The van der Waals surface area contributed by atoms with Gasteiger partial charge in [0.2, 0.25) is 11.8 Å². The molecule has 0 aromatic heterocycles. The molecular weight excluding hydrogens is 260 g/mol. The third-order valence-corrected chi connectivity index (χ3v) is 2.03. The minimum Gasteiger partial charge on any atom is -0.350 e. The van der Waals surface area contributed by atoms with Crippen LogP contribution >= 0.6 is 15.9 Å². The zero-order valence-corrected chi connectivity index (χ0v) is 11.3. The number of alkyl halides is 1. The quantitative estimate of drug-likeness (QED) is 0.785. The van der Waals surface area contributed by atoms with Gasteiger partial charge in [0.05, 0.1) is 6.54 Å². The van der Waals surface area contributed by atoms with E-state index in [1.807, 2.05) is 20.8 Å². The predicted molar refractivity (Wildman–Crippen MR) is 63.9 cm³/mol. The lowest BCUT2D eigenvalue weighted by Gasteiger charge is -2.23. The second kappa shape index (κ2) is 6.10. The van der Waals surface area contributed by atoms with E-state index in [0.717, 1.165) is 0 Å². The fraction of sp³-hybridized carbons (Fsp3) is 0.800. The highest BCUT2D eigenvalue weighted by atomic mass is 79.9. The molecule has 0 bridgehead atoms. The van der Waals surface area contributed by atoms with E-state index in [-0.39, 0.29) is 23.9 Å². The molecule has 0 rings (SSSR count). The molecule has 5 heteroatoms.